The van der Waals surface area contributed by atoms with Crippen LogP contribution in [0.25, 0.3) is 16.3 Å². The van der Waals surface area contributed by atoms with Gasteiger partial charge in [-0.05, 0) is 23.8 Å². The van der Waals surface area contributed by atoms with Gasteiger partial charge in [0.15, 0.2) is 4.34 Å². The Hall–Kier alpha value is -2.35. The summed E-state index contributed by atoms with van der Waals surface area (Å²) in [5.74, 6) is 0.757. The molecule has 0 saturated carbocycles. The summed E-state index contributed by atoms with van der Waals surface area (Å²) in [7, 11) is 0. The van der Waals surface area contributed by atoms with Crippen LogP contribution in [0.15, 0.2) is 70.0 Å². The van der Waals surface area contributed by atoms with Crippen LogP contribution in [-0.2, 0) is 5.75 Å². The zero-order chi connectivity index (χ0) is 17.6. The van der Waals surface area contributed by atoms with Gasteiger partial charge in [-0.25, -0.2) is 9.98 Å². The second kappa shape index (κ2) is 8.35. The molecule has 0 amide bonds. The monoisotopic (exact) mass is 394 g/mol. The Bertz CT molecular complexity index is 1020. The number of fused-ring (bicyclic) bond motifs is 1. The second-order valence-electron chi connectivity index (χ2n) is 5.26. The molecule has 0 aliphatic rings. The van der Waals surface area contributed by atoms with Crippen molar-refractivity contribution < 1.29 is 0 Å². The van der Waals surface area contributed by atoms with Gasteiger partial charge in [-0.3, -0.25) is 0 Å². The average molecular weight is 395 g/mol. The summed E-state index contributed by atoms with van der Waals surface area (Å²) in [4.78, 5) is 8.97. The third-order valence-electron chi connectivity index (χ3n) is 3.41. The number of para-hydroxylation sites is 1. The van der Waals surface area contributed by atoms with Crippen LogP contribution in [-0.4, -0.2) is 21.4 Å². The molecular formula is C19H14N4S3. The first-order valence-corrected chi connectivity index (χ1v) is 10.6. The van der Waals surface area contributed by atoms with Crippen LogP contribution in [0.2, 0.25) is 0 Å². The molecule has 0 unspecified atom stereocenters. The summed E-state index contributed by atoms with van der Waals surface area (Å²) in [6.45, 7) is 0. The number of hydrogen-bond acceptors (Lipinski definition) is 7. The fraction of sp³-hybridized carbons (Fsp3) is 0.0526. The molecule has 0 atom stereocenters. The summed E-state index contributed by atoms with van der Waals surface area (Å²) in [6, 6.07) is 18.3. The lowest BCUT2D eigenvalue weighted by atomic mass is 10.2. The highest BCUT2D eigenvalue weighted by Gasteiger charge is 2.07. The number of thiazole rings is 1. The van der Waals surface area contributed by atoms with Crippen LogP contribution in [0.1, 0.15) is 10.6 Å². The molecule has 2 aromatic heterocycles. The maximum Gasteiger partial charge on any atom is 0.231 e. The zero-order valence-corrected chi connectivity index (χ0v) is 16.1. The number of allylic oxidation sites excluding steroid dienone is 1. The van der Waals surface area contributed by atoms with Gasteiger partial charge in [-0.1, -0.05) is 71.6 Å². The molecular weight excluding hydrogens is 380 g/mol. The van der Waals surface area contributed by atoms with Crippen molar-refractivity contribution in [2.45, 2.75) is 10.1 Å². The standard InChI is InChI=1S/C19H14N4S3/c1-2-7-14(8-3-1)9-6-12-20-18-23-22-17(26-18)13-24-19-21-15-10-4-5-11-16(15)25-19/h1-12H,13H2/b9-6+,20-12+. The third-order valence-corrected chi connectivity index (χ3v) is 6.61. The lowest BCUT2D eigenvalue weighted by Gasteiger charge is -1.90. The minimum Gasteiger partial charge on any atom is -0.230 e. The predicted molar refractivity (Wildman–Crippen MR) is 113 cm³/mol. The fourth-order valence-electron chi connectivity index (χ4n) is 2.22. The average Bonchev–Trinajstić information content (AvgIpc) is 3.30. The Morgan fingerprint density at radius 3 is 2.69 bits per heavy atom. The number of rotatable bonds is 6. The molecule has 26 heavy (non-hydrogen) atoms. The highest BCUT2D eigenvalue weighted by molar-refractivity contribution is 8.00. The van der Waals surface area contributed by atoms with Gasteiger partial charge < -0.3 is 0 Å². The van der Waals surface area contributed by atoms with E-state index in [2.05, 4.69) is 26.2 Å². The van der Waals surface area contributed by atoms with E-state index in [9.17, 15) is 0 Å². The van der Waals surface area contributed by atoms with Crippen molar-refractivity contribution in [2.75, 3.05) is 0 Å². The molecule has 0 fully saturated rings. The quantitative estimate of drug-likeness (QED) is 0.304. The van der Waals surface area contributed by atoms with Gasteiger partial charge in [0.1, 0.15) is 5.01 Å². The molecule has 7 heteroatoms. The molecule has 0 spiro atoms. The number of thioether (sulfide) groups is 1. The maximum absolute atomic E-state index is 4.62. The maximum atomic E-state index is 4.62. The van der Waals surface area contributed by atoms with Crippen LogP contribution in [0.5, 0.6) is 0 Å². The molecule has 0 N–H and O–H groups in total. The number of nitrogens with zero attached hydrogens (tertiary/aromatic N) is 4. The Balaban J connectivity index is 1.34. The van der Waals surface area contributed by atoms with E-state index in [0.717, 1.165) is 26.2 Å². The Morgan fingerprint density at radius 1 is 0.962 bits per heavy atom. The van der Waals surface area contributed by atoms with Crippen LogP contribution in [0.4, 0.5) is 5.13 Å². The van der Waals surface area contributed by atoms with E-state index in [0.29, 0.717) is 5.13 Å². The summed E-state index contributed by atoms with van der Waals surface area (Å²) < 4.78 is 2.26. The van der Waals surface area contributed by atoms with E-state index in [-0.39, 0.29) is 0 Å². The van der Waals surface area contributed by atoms with Crippen molar-refractivity contribution in [2.24, 2.45) is 4.99 Å². The molecule has 4 nitrogen and oxygen atoms in total. The van der Waals surface area contributed by atoms with E-state index in [1.165, 1.54) is 16.0 Å². The first kappa shape index (κ1) is 17.1. The number of hydrogen-bond donors (Lipinski definition) is 0. The summed E-state index contributed by atoms with van der Waals surface area (Å²) in [5.41, 5.74) is 2.19. The lowest BCUT2D eigenvalue weighted by molar-refractivity contribution is 1.04. The van der Waals surface area contributed by atoms with Gasteiger partial charge in [0.05, 0.1) is 16.0 Å². The van der Waals surface area contributed by atoms with E-state index in [4.69, 9.17) is 0 Å². The molecule has 0 bridgehead atoms. The minimum absolute atomic E-state index is 0.669. The van der Waals surface area contributed by atoms with Crippen molar-refractivity contribution in [1.29, 1.82) is 0 Å². The lowest BCUT2D eigenvalue weighted by Crippen LogP contribution is -1.78. The SMILES string of the molecule is C(=C\c1ccccc1)/C=N/c1nnc(CSc2nc3ccccc3s2)s1. The fourth-order valence-corrected chi connectivity index (χ4v) is 4.96. The van der Waals surface area contributed by atoms with Crippen molar-refractivity contribution in [1.82, 2.24) is 15.2 Å². The molecule has 2 heterocycles. The van der Waals surface area contributed by atoms with Crippen molar-refractivity contribution in [3.8, 4) is 0 Å². The minimum atomic E-state index is 0.669. The number of benzene rings is 2. The molecule has 0 radical (unpaired) electrons. The van der Waals surface area contributed by atoms with Crippen LogP contribution in [0, 0.1) is 0 Å². The van der Waals surface area contributed by atoms with Crippen molar-refractivity contribution in [3.63, 3.8) is 0 Å². The molecule has 0 aliphatic carbocycles. The van der Waals surface area contributed by atoms with Gasteiger partial charge in [-0.15, -0.1) is 21.5 Å². The smallest absolute Gasteiger partial charge is 0.230 e. The van der Waals surface area contributed by atoms with E-state index in [1.54, 1.807) is 29.3 Å². The molecule has 0 saturated heterocycles. The molecule has 128 valence electrons. The van der Waals surface area contributed by atoms with Gasteiger partial charge >= 0.3 is 0 Å². The highest BCUT2D eigenvalue weighted by Crippen LogP contribution is 2.32. The number of aliphatic imine (C=N–C) groups is 1. The van der Waals surface area contributed by atoms with Crippen molar-refractivity contribution in [3.05, 3.63) is 71.2 Å². The summed E-state index contributed by atoms with van der Waals surface area (Å²) in [6.07, 6.45) is 5.67. The van der Waals surface area contributed by atoms with Gasteiger partial charge in [0.2, 0.25) is 5.13 Å². The largest absolute Gasteiger partial charge is 0.231 e. The first-order chi connectivity index (χ1) is 12.9. The zero-order valence-electron chi connectivity index (χ0n) is 13.6. The first-order valence-electron chi connectivity index (χ1n) is 7.93. The van der Waals surface area contributed by atoms with Crippen LogP contribution >= 0.6 is 34.4 Å². The third kappa shape index (κ3) is 4.43. The van der Waals surface area contributed by atoms with Gasteiger partial charge in [0.25, 0.3) is 0 Å². The highest BCUT2D eigenvalue weighted by atomic mass is 32.2. The van der Waals surface area contributed by atoms with Gasteiger partial charge in [-0.2, -0.15) is 0 Å². The van der Waals surface area contributed by atoms with E-state index >= 15 is 0 Å². The normalized spacial score (nSPS) is 11.8. The van der Waals surface area contributed by atoms with E-state index < -0.39 is 0 Å². The molecule has 4 aromatic rings. The van der Waals surface area contributed by atoms with E-state index in [1.807, 2.05) is 60.7 Å². The molecule has 2 aromatic carbocycles. The molecule has 0 aliphatic heterocycles. The summed E-state index contributed by atoms with van der Waals surface area (Å²) in [5, 5.41) is 9.95. The van der Waals surface area contributed by atoms with Gasteiger partial charge in [0, 0.05) is 6.21 Å². The molecule has 4 rings (SSSR count). The predicted octanol–water partition coefficient (Wildman–Crippen LogP) is 5.86. The number of aromatic nitrogens is 3. The summed E-state index contributed by atoms with van der Waals surface area (Å²) >= 11 is 4.90. The second-order valence-corrected chi connectivity index (χ2v) is 8.56. The topological polar surface area (TPSA) is 51.0 Å². The van der Waals surface area contributed by atoms with Crippen LogP contribution in [0.3, 0.4) is 0 Å². The van der Waals surface area contributed by atoms with Crippen LogP contribution < -0.4 is 0 Å². The Kier molecular flexibility index (Phi) is 5.49. The Labute approximate surface area is 163 Å². The van der Waals surface area contributed by atoms with Crippen molar-refractivity contribution >= 4 is 62.1 Å². The Morgan fingerprint density at radius 2 is 1.81 bits per heavy atom.